The highest BCUT2D eigenvalue weighted by Crippen LogP contribution is 2.36. The molecule has 2 saturated heterocycles. The number of rotatable bonds is 13. The Morgan fingerprint density at radius 3 is 1.95 bits per heavy atom. The number of ether oxygens (including phenoxy) is 5. The molecule has 2 aliphatic rings. The van der Waals surface area contributed by atoms with E-state index in [9.17, 15) is 9.59 Å². The van der Waals surface area contributed by atoms with Crippen molar-refractivity contribution in [2.24, 2.45) is 0 Å². The fraction of sp³-hybridized carbons (Fsp3) is 0.355. The van der Waals surface area contributed by atoms with Crippen LogP contribution in [0.15, 0.2) is 91.0 Å². The Hall–Kier alpha value is -3.56. The molecule has 2 fully saturated rings. The van der Waals surface area contributed by atoms with Crippen LogP contribution >= 0.6 is 0 Å². The van der Waals surface area contributed by atoms with Crippen LogP contribution < -0.4 is 5.32 Å². The second-order valence-corrected chi connectivity index (χ2v) is 9.67. The van der Waals surface area contributed by atoms with Crippen molar-refractivity contribution in [1.29, 1.82) is 0 Å². The second kappa shape index (κ2) is 13.5. The summed E-state index contributed by atoms with van der Waals surface area (Å²) in [6, 6.07) is 27.9. The van der Waals surface area contributed by atoms with Crippen LogP contribution in [0.3, 0.4) is 0 Å². The molecule has 204 valence electrons. The number of carbonyl (C=O) groups is 2. The molecule has 0 radical (unpaired) electrons. The molecule has 3 aromatic carbocycles. The Morgan fingerprint density at radius 1 is 0.769 bits per heavy atom. The van der Waals surface area contributed by atoms with Gasteiger partial charge in [-0.25, -0.2) is 0 Å². The van der Waals surface area contributed by atoms with Gasteiger partial charge in [0, 0.05) is 6.42 Å². The summed E-state index contributed by atoms with van der Waals surface area (Å²) in [5.41, 5.74) is 2.85. The first-order valence-corrected chi connectivity index (χ1v) is 13.2. The maximum absolute atomic E-state index is 13.1. The lowest BCUT2D eigenvalue weighted by atomic mass is 10.1. The van der Waals surface area contributed by atoms with E-state index in [1.807, 2.05) is 91.0 Å². The Morgan fingerprint density at radius 2 is 1.33 bits per heavy atom. The fourth-order valence-electron chi connectivity index (χ4n) is 4.53. The molecular formula is C31H33NO7. The average molecular weight is 532 g/mol. The van der Waals surface area contributed by atoms with Crippen LogP contribution in [0.25, 0.3) is 0 Å². The molecule has 0 bridgehead atoms. The topological polar surface area (TPSA) is 95.6 Å². The highest BCUT2D eigenvalue weighted by atomic mass is 16.7. The quantitative estimate of drug-likeness (QED) is 0.262. The molecule has 0 spiro atoms. The monoisotopic (exact) mass is 531 g/mol. The third-order valence-corrected chi connectivity index (χ3v) is 6.73. The van der Waals surface area contributed by atoms with E-state index in [0.29, 0.717) is 13.2 Å². The van der Waals surface area contributed by atoms with E-state index in [1.54, 1.807) is 0 Å². The second-order valence-electron chi connectivity index (χ2n) is 9.67. The maximum atomic E-state index is 13.1. The van der Waals surface area contributed by atoms with Gasteiger partial charge in [-0.1, -0.05) is 91.0 Å². The number of hydrogen-bond donors (Lipinski definition) is 1. The Kier molecular flexibility index (Phi) is 9.34. The van der Waals surface area contributed by atoms with Gasteiger partial charge in [0.15, 0.2) is 6.29 Å². The van der Waals surface area contributed by atoms with Gasteiger partial charge in [0.25, 0.3) is 0 Å². The minimum absolute atomic E-state index is 0.0658. The van der Waals surface area contributed by atoms with Crippen LogP contribution in [-0.4, -0.2) is 49.1 Å². The highest BCUT2D eigenvalue weighted by Gasteiger charge is 2.55. The molecule has 0 unspecified atom stereocenters. The van der Waals surface area contributed by atoms with E-state index in [2.05, 4.69) is 5.32 Å². The lowest BCUT2D eigenvalue weighted by Crippen LogP contribution is -2.52. The average Bonchev–Trinajstić information content (AvgIpc) is 3.80. The van der Waals surface area contributed by atoms with Crippen molar-refractivity contribution >= 4 is 11.9 Å². The summed E-state index contributed by atoms with van der Waals surface area (Å²) in [6.07, 6.45) is -0.533. The molecule has 39 heavy (non-hydrogen) atoms. The third kappa shape index (κ3) is 7.97. The molecule has 1 N–H and O–H groups in total. The first kappa shape index (κ1) is 27.0. The van der Waals surface area contributed by atoms with Gasteiger partial charge < -0.3 is 23.7 Å². The van der Waals surface area contributed by atoms with Crippen LogP contribution in [0.2, 0.25) is 0 Å². The molecule has 8 heteroatoms. The Labute approximate surface area is 228 Å². The Balaban J connectivity index is 1.13. The smallest absolute Gasteiger partial charge is 0.323 e. The summed E-state index contributed by atoms with van der Waals surface area (Å²) in [7, 11) is 0. The highest BCUT2D eigenvalue weighted by molar-refractivity contribution is 5.77. The summed E-state index contributed by atoms with van der Waals surface area (Å²) >= 11 is 0. The molecule has 0 aliphatic carbocycles. The van der Waals surface area contributed by atoms with E-state index in [-0.39, 0.29) is 50.3 Å². The van der Waals surface area contributed by atoms with Crippen LogP contribution in [-0.2, 0) is 53.1 Å². The van der Waals surface area contributed by atoms with Gasteiger partial charge in [0.05, 0.1) is 19.3 Å². The van der Waals surface area contributed by atoms with Crippen molar-refractivity contribution < 1.29 is 33.3 Å². The van der Waals surface area contributed by atoms with Crippen molar-refractivity contribution in [3.8, 4) is 0 Å². The molecule has 3 aromatic rings. The summed E-state index contributed by atoms with van der Waals surface area (Å²) in [6.45, 7) is 1.07. The van der Waals surface area contributed by atoms with E-state index in [0.717, 1.165) is 16.7 Å². The first-order chi connectivity index (χ1) is 19.2. The third-order valence-electron chi connectivity index (χ3n) is 6.73. The summed E-state index contributed by atoms with van der Waals surface area (Å²) in [5, 5.41) is 3.32. The zero-order chi connectivity index (χ0) is 26.9. The van der Waals surface area contributed by atoms with Crippen molar-refractivity contribution in [2.75, 3.05) is 6.61 Å². The number of esters is 2. The standard InChI is InChI=1S/C31H33NO7/c33-27(35-18-22-10-4-1-5-11-22)17-16-25(30(34)36-19-23-12-6-2-7-13-23)32-26-21-38-31(29-28(26)39-29)37-20-24-14-8-3-9-15-24/h1-15,25-26,28-29,31-32H,16-21H2/t25-,26+,28-,29-,31-/m0/s1. The minimum atomic E-state index is -0.724. The Bertz CT molecular complexity index is 1190. The van der Waals surface area contributed by atoms with Crippen molar-refractivity contribution in [3.05, 3.63) is 108 Å². The molecule has 2 heterocycles. The van der Waals surface area contributed by atoms with E-state index in [4.69, 9.17) is 23.7 Å². The first-order valence-electron chi connectivity index (χ1n) is 13.2. The lowest BCUT2D eigenvalue weighted by Gasteiger charge is -2.29. The van der Waals surface area contributed by atoms with E-state index >= 15 is 0 Å². The zero-order valence-corrected chi connectivity index (χ0v) is 21.6. The van der Waals surface area contributed by atoms with Crippen molar-refractivity contribution in [1.82, 2.24) is 5.32 Å². The molecule has 0 amide bonds. The van der Waals surface area contributed by atoms with Gasteiger partial charge in [0.2, 0.25) is 0 Å². The molecule has 5 rings (SSSR count). The summed E-state index contributed by atoms with van der Waals surface area (Å²) in [5.74, 6) is -0.814. The van der Waals surface area contributed by atoms with Gasteiger partial charge in [0.1, 0.15) is 31.5 Å². The van der Waals surface area contributed by atoms with Crippen LogP contribution in [0.5, 0.6) is 0 Å². The SMILES string of the molecule is O=C(CC[C@H](N[C@@H]1CO[C@H](OCc2ccccc2)[C@H]2O[C@H]21)C(=O)OCc1ccccc1)OCc1ccccc1. The fourth-order valence-corrected chi connectivity index (χ4v) is 4.53. The summed E-state index contributed by atoms with van der Waals surface area (Å²) in [4.78, 5) is 25.5. The normalized spacial score (nSPS) is 22.4. The van der Waals surface area contributed by atoms with Crippen molar-refractivity contribution in [2.45, 2.75) is 63.2 Å². The number of hydrogen-bond acceptors (Lipinski definition) is 8. The molecule has 8 nitrogen and oxygen atoms in total. The zero-order valence-electron chi connectivity index (χ0n) is 21.6. The van der Waals surface area contributed by atoms with Gasteiger partial charge >= 0.3 is 11.9 Å². The summed E-state index contributed by atoms with van der Waals surface area (Å²) < 4.78 is 28.7. The minimum Gasteiger partial charge on any atom is -0.461 e. The van der Waals surface area contributed by atoms with Gasteiger partial charge in [-0.05, 0) is 23.1 Å². The number of nitrogens with one attached hydrogen (secondary N) is 1. The molecule has 0 aromatic heterocycles. The van der Waals surface area contributed by atoms with E-state index in [1.165, 1.54) is 0 Å². The van der Waals surface area contributed by atoms with Gasteiger partial charge in [-0.3, -0.25) is 14.9 Å². The number of epoxide rings is 1. The van der Waals surface area contributed by atoms with Crippen LogP contribution in [0.4, 0.5) is 0 Å². The van der Waals surface area contributed by atoms with Gasteiger partial charge in [-0.15, -0.1) is 0 Å². The largest absolute Gasteiger partial charge is 0.461 e. The number of fused-ring (bicyclic) bond motifs is 1. The molecule has 5 atom stereocenters. The molecular weight excluding hydrogens is 498 g/mol. The van der Waals surface area contributed by atoms with Gasteiger partial charge in [-0.2, -0.15) is 0 Å². The maximum Gasteiger partial charge on any atom is 0.323 e. The van der Waals surface area contributed by atoms with E-state index < -0.39 is 18.3 Å². The number of carbonyl (C=O) groups excluding carboxylic acids is 2. The van der Waals surface area contributed by atoms with Crippen LogP contribution in [0, 0.1) is 0 Å². The number of benzene rings is 3. The lowest BCUT2D eigenvalue weighted by molar-refractivity contribution is -0.171. The van der Waals surface area contributed by atoms with Crippen molar-refractivity contribution in [3.63, 3.8) is 0 Å². The predicted molar refractivity (Wildman–Crippen MR) is 142 cm³/mol. The van der Waals surface area contributed by atoms with Crippen LogP contribution in [0.1, 0.15) is 29.5 Å². The molecule has 0 saturated carbocycles. The molecule has 2 aliphatic heterocycles. The predicted octanol–water partition coefficient (Wildman–Crippen LogP) is 3.92.